The molecule has 1 saturated heterocycles. The number of hydrogen-bond acceptors (Lipinski definition) is 6. The van der Waals surface area contributed by atoms with Gasteiger partial charge >= 0.3 is 0 Å². The number of likely N-dealkylation sites (tertiary alicyclic amines) is 1. The number of aromatic amines is 1. The molecule has 1 aromatic carbocycles. The average molecular weight is 481 g/mol. The molecule has 1 aliphatic heterocycles. The van der Waals surface area contributed by atoms with E-state index in [-0.39, 0.29) is 12.1 Å². The third kappa shape index (κ3) is 5.52. The molecule has 3 aromatic heterocycles. The maximum atomic E-state index is 5.86. The number of imidazole rings is 1. The van der Waals surface area contributed by atoms with Gasteiger partial charge in [0.15, 0.2) is 0 Å². The molecule has 5 rings (SSSR count). The Bertz CT molecular complexity index is 1230. The number of aryl methyl sites for hydroxylation is 2. The van der Waals surface area contributed by atoms with Gasteiger partial charge in [-0.25, -0.2) is 4.98 Å². The van der Waals surface area contributed by atoms with Crippen LogP contribution in [0.15, 0.2) is 84.7 Å². The van der Waals surface area contributed by atoms with Crippen LogP contribution in [0.3, 0.4) is 0 Å². The van der Waals surface area contributed by atoms with Gasteiger partial charge in [-0.05, 0) is 42.7 Å². The molecule has 7 heteroatoms. The van der Waals surface area contributed by atoms with Crippen molar-refractivity contribution < 1.29 is 4.84 Å². The van der Waals surface area contributed by atoms with Crippen molar-refractivity contribution in [2.45, 2.75) is 51.8 Å². The molecule has 0 aliphatic carbocycles. The van der Waals surface area contributed by atoms with E-state index in [1.54, 1.807) is 6.33 Å². The second-order valence-electron chi connectivity index (χ2n) is 9.33. The summed E-state index contributed by atoms with van der Waals surface area (Å²) in [5.74, 6) is 0. The number of oxime groups is 1. The van der Waals surface area contributed by atoms with Crippen LogP contribution in [-0.2, 0) is 17.9 Å². The Balaban J connectivity index is 1.49. The third-order valence-electron chi connectivity index (χ3n) is 6.85. The molecule has 1 aliphatic rings. The Morgan fingerprint density at radius 1 is 0.917 bits per heavy atom. The number of rotatable bonds is 8. The van der Waals surface area contributed by atoms with Gasteiger partial charge in [-0.1, -0.05) is 47.6 Å². The van der Waals surface area contributed by atoms with Crippen LogP contribution in [0.2, 0.25) is 0 Å². The van der Waals surface area contributed by atoms with Gasteiger partial charge in [-0.3, -0.25) is 14.9 Å². The van der Waals surface area contributed by atoms with E-state index in [0.717, 1.165) is 54.2 Å². The summed E-state index contributed by atoms with van der Waals surface area (Å²) in [7, 11) is 0. The van der Waals surface area contributed by atoms with Gasteiger partial charge < -0.3 is 9.82 Å². The summed E-state index contributed by atoms with van der Waals surface area (Å²) in [5, 5.41) is 4.65. The Hall–Kier alpha value is -3.84. The van der Waals surface area contributed by atoms with E-state index in [2.05, 4.69) is 58.1 Å². The molecular weight excluding hydrogens is 448 g/mol. The Kier molecular flexibility index (Phi) is 7.47. The first kappa shape index (κ1) is 23.9. The van der Waals surface area contributed by atoms with Crippen molar-refractivity contribution in [2.75, 3.05) is 6.54 Å². The molecule has 7 nitrogen and oxygen atoms in total. The second-order valence-corrected chi connectivity index (χ2v) is 9.33. The monoisotopic (exact) mass is 480 g/mol. The molecule has 1 N–H and O–H groups in total. The van der Waals surface area contributed by atoms with Gasteiger partial charge in [0.25, 0.3) is 0 Å². The zero-order chi connectivity index (χ0) is 24.7. The van der Waals surface area contributed by atoms with Gasteiger partial charge in [0, 0.05) is 50.1 Å². The van der Waals surface area contributed by atoms with E-state index < -0.39 is 0 Å². The lowest BCUT2D eigenvalue weighted by atomic mass is 9.87. The molecule has 1 fully saturated rings. The van der Waals surface area contributed by atoms with Crippen molar-refractivity contribution in [1.29, 1.82) is 0 Å². The summed E-state index contributed by atoms with van der Waals surface area (Å²) < 4.78 is 0. The fourth-order valence-corrected chi connectivity index (χ4v) is 5.01. The van der Waals surface area contributed by atoms with Gasteiger partial charge in [-0.2, -0.15) is 0 Å². The predicted octanol–water partition coefficient (Wildman–Crippen LogP) is 5.51. The highest BCUT2D eigenvalue weighted by Gasteiger charge is 2.38. The highest BCUT2D eigenvalue weighted by Crippen LogP contribution is 2.41. The maximum Gasteiger partial charge on any atom is 0.142 e. The van der Waals surface area contributed by atoms with Gasteiger partial charge in [0.2, 0.25) is 0 Å². The summed E-state index contributed by atoms with van der Waals surface area (Å²) in [4.78, 5) is 25.5. The predicted molar refractivity (Wildman–Crippen MR) is 140 cm³/mol. The molecule has 0 unspecified atom stereocenters. The number of pyridine rings is 2. The fourth-order valence-electron chi connectivity index (χ4n) is 5.01. The number of aromatic nitrogens is 4. The number of hydrogen-bond donors (Lipinski definition) is 1. The first-order valence-electron chi connectivity index (χ1n) is 12.5. The number of piperidine rings is 1. The minimum Gasteiger partial charge on any atom is -0.391 e. The van der Waals surface area contributed by atoms with E-state index in [1.165, 1.54) is 11.1 Å². The van der Waals surface area contributed by atoms with Gasteiger partial charge in [-0.15, -0.1) is 0 Å². The van der Waals surface area contributed by atoms with Crippen molar-refractivity contribution in [2.24, 2.45) is 5.16 Å². The van der Waals surface area contributed by atoms with Crippen LogP contribution in [-0.4, -0.2) is 37.1 Å². The second kappa shape index (κ2) is 11.3. The van der Waals surface area contributed by atoms with Crippen LogP contribution in [0.4, 0.5) is 0 Å². The number of benzene rings is 1. The van der Waals surface area contributed by atoms with Crippen molar-refractivity contribution in [3.63, 3.8) is 0 Å². The minimum absolute atomic E-state index is 0.0633. The van der Waals surface area contributed by atoms with Crippen LogP contribution < -0.4 is 0 Å². The number of nitrogens with zero attached hydrogens (tertiary/aromatic N) is 5. The highest BCUT2D eigenvalue weighted by molar-refractivity contribution is 5.86. The fraction of sp³-hybridized carbons (Fsp3) is 0.310. The standard InChI is InChI=1S/C29H32N6O/c1-21-8-6-13-31-28(21)26-16-25(34-36-19-23-10-4-3-5-11-23)17-27(29-22(2)9-7-14-32-29)35(26)15-12-24-18-30-20-33-24/h3-11,13-14,18,20,26-27H,12,15-17,19H2,1-2H3,(H,30,33)/b34-25-/t26-,27+/m1/s1. The van der Waals surface area contributed by atoms with Gasteiger partial charge in [0.1, 0.15) is 6.61 Å². The summed E-state index contributed by atoms with van der Waals surface area (Å²) in [6, 6.07) is 18.5. The van der Waals surface area contributed by atoms with Crippen LogP contribution in [0.1, 0.15) is 58.7 Å². The largest absolute Gasteiger partial charge is 0.391 e. The minimum atomic E-state index is 0.0633. The molecule has 4 aromatic rings. The molecule has 4 heterocycles. The van der Waals surface area contributed by atoms with E-state index in [9.17, 15) is 0 Å². The zero-order valence-corrected chi connectivity index (χ0v) is 20.8. The first-order valence-corrected chi connectivity index (χ1v) is 12.5. The summed E-state index contributed by atoms with van der Waals surface area (Å²) in [5.41, 5.74) is 7.77. The lowest BCUT2D eigenvalue weighted by Crippen LogP contribution is -2.42. The molecule has 0 spiro atoms. The van der Waals surface area contributed by atoms with Crippen LogP contribution in [0.25, 0.3) is 0 Å². The van der Waals surface area contributed by atoms with Crippen LogP contribution in [0.5, 0.6) is 0 Å². The summed E-state index contributed by atoms with van der Waals surface area (Å²) in [6.45, 7) is 5.57. The van der Waals surface area contributed by atoms with E-state index in [4.69, 9.17) is 14.8 Å². The maximum absolute atomic E-state index is 5.86. The zero-order valence-electron chi connectivity index (χ0n) is 20.8. The molecule has 36 heavy (non-hydrogen) atoms. The summed E-state index contributed by atoms with van der Waals surface area (Å²) >= 11 is 0. The highest BCUT2D eigenvalue weighted by atomic mass is 16.6. The third-order valence-corrected chi connectivity index (χ3v) is 6.85. The first-order chi connectivity index (χ1) is 17.7. The molecule has 0 saturated carbocycles. The van der Waals surface area contributed by atoms with Gasteiger partial charge in [0.05, 0.1) is 35.5 Å². The van der Waals surface area contributed by atoms with Crippen molar-refractivity contribution in [3.05, 3.63) is 113 Å². The molecular formula is C29H32N6O. The summed E-state index contributed by atoms with van der Waals surface area (Å²) in [6.07, 6.45) is 9.79. The molecule has 0 amide bonds. The van der Waals surface area contributed by atoms with Crippen molar-refractivity contribution >= 4 is 5.71 Å². The molecule has 0 bridgehead atoms. The smallest absolute Gasteiger partial charge is 0.142 e. The topological polar surface area (TPSA) is 79.3 Å². The Labute approximate surface area is 212 Å². The lowest BCUT2D eigenvalue weighted by molar-refractivity contribution is 0.102. The number of nitrogens with one attached hydrogen (secondary N) is 1. The molecule has 184 valence electrons. The Morgan fingerprint density at radius 3 is 2.17 bits per heavy atom. The van der Waals surface area contributed by atoms with Crippen molar-refractivity contribution in [3.8, 4) is 0 Å². The van der Waals surface area contributed by atoms with E-state index in [0.29, 0.717) is 6.61 Å². The van der Waals surface area contributed by atoms with Crippen LogP contribution >= 0.6 is 0 Å². The quantitative estimate of drug-likeness (QED) is 0.336. The normalized spacial score (nSPS) is 19.4. The lowest BCUT2D eigenvalue weighted by Gasteiger charge is -2.42. The number of H-pyrrole nitrogens is 1. The molecule has 2 atom stereocenters. The van der Waals surface area contributed by atoms with Crippen LogP contribution in [0, 0.1) is 13.8 Å². The Morgan fingerprint density at radius 2 is 1.58 bits per heavy atom. The van der Waals surface area contributed by atoms with E-state index in [1.807, 2.05) is 48.9 Å². The average Bonchev–Trinajstić information content (AvgIpc) is 3.43. The van der Waals surface area contributed by atoms with Crippen molar-refractivity contribution in [1.82, 2.24) is 24.8 Å². The SMILES string of the molecule is Cc1cccnc1[C@H]1C/C(=N/OCc2ccccc2)C[C@@H](c2ncccc2C)N1CCc1cnc[nH]1. The van der Waals surface area contributed by atoms with E-state index >= 15 is 0 Å². The molecule has 0 radical (unpaired) electrons.